The number of aromatic nitrogens is 1. The molecule has 1 N–H and O–H groups in total. The van der Waals surface area contributed by atoms with Gasteiger partial charge in [0.05, 0.1) is 26.4 Å². The number of amides is 1. The van der Waals surface area contributed by atoms with Crippen molar-refractivity contribution in [3.63, 3.8) is 0 Å². The summed E-state index contributed by atoms with van der Waals surface area (Å²) in [4.78, 5) is 17.6. The van der Waals surface area contributed by atoms with Crippen molar-refractivity contribution in [2.75, 3.05) is 11.1 Å². The number of sulfone groups is 1. The Morgan fingerprint density at radius 2 is 1.90 bits per heavy atom. The highest BCUT2D eigenvalue weighted by Crippen LogP contribution is 2.39. The molecule has 1 heterocycles. The van der Waals surface area contributed by atoms with Gasteiger partial charge in [0.1, 0.15) is 0 Å². The van der Waals surface area contributed by atoms with E-state index >= 15 is 0 Å². The number of carbonyl (C=O) groups is 1. The fraction of sp³-hybridized carbons (Fsp3) is 0.182. The molecule has 4 aromatic rings. The Morgan fingerprint density at radius 3 is 2.72 bits per heavy atom. The minimum absolute atomic E-state index is 0.0490. The molecule has 1 aliphatic carbocycles. The molecule has 146 valence electrons. The predicted octanol–water partition coefficient (Wildman–Crippen LogP) is 4.59. The van der Waals surface area contributed by atoms with Crippen LogP contribution in [0.2, 0.25) is 0 Å². The summed E-state index contributed by atoms with van der Waals surface area (Å²) in [7, 11) is -3.50. The first-order chi connectivity index (χ1) is 14.0. The molecule has 0 saturated heterocycles. The minimum atomic E-state index is -3.50. The second kappa shape index (κ2) is 6.64. The summed E-state index contributed by atoms with van der Waals surface area (Å²) in [6.07, 6.45) is 2.07. The van der Waals surface area contributed by atoms with Crippen molar-refractivity contribution in [1.29, 1.82) is 0 Å². The Labute approximate surface area is 172 Å². The van der Waals surface area contributed by atoms with Crippen LogP contribution in [0.3, 0.4) is 0 Å². The van der Waals surface area contributed by atoms with Gasteiger partial charge >= 0.3 is 0 Å². The lowest BCUT2D eigenvalue weighted by molar-refractivity contribution is 0.102. The second-order valence-electron chi connectivity index (χ2n) is 7.09. The van der Waals surface area contributed by atoms with Crippen LogP contribution in [0.15, 0.2) is 53.4 Å². The van der Waals surface area contributed by atoms with Gasteiger partial charge in [0.25, 0.3) is 5.91 Å². The molecule has 0 radical (unpaired) electrons. The Balaban J connectivity index is 1.57. The summed E-state index contributed by atoms with van der Waals surface area (Å²) in [5, 5.41) is 5.67. The van der Waals surface area contributed by atoms with E-state index in [0.29, 0.717) is 5.13 Å². The number of hydrogen-bond acceptors (Lipinski definition) is 5. The lowest BCUT2D eigenvalue weighted by atomic mass is 10.0. The summed E-state index contributed by atoms with van der Waals surface area (Å²) < 4.78 is 25.7. The van der Waals surface area contributed by atoms with Crippen molar-refractivity contribution < 1.29 is 13.2 Å². The average molecular weight is 423 g/mol. The van der Waals surface area contributed by atoms with E-state index in [0.717, 1.165) is 28.4 Å². The number of anilines is 1. The third-order valence-electron chi connectivity index (χ3n) is 5.42. The van der Waals surface area contributed by atoms with Crippen LogP contribution in [-0.4, -0.2) is 25.1 Å². The number of fused-ring (bicyclic) bond motifs is 2. The topological polar surface area (TPSA) is 76.1 Å². The fourth-order valence-corrected chi connectivity index (χ4v) is 6.04. The SMILES string of the molecule is CCS(=O)(=O)c1ccccc1C(=O)Nc1nc2c(cc3c4c(cccc42)CC3)s1. The van der Waals surface area contributed by atoms with Crippen molar-refractivity contribution in [2.45, 2.75) is 24.7 Å². The Hall–Kier alpha value is -2.77. The summed E-state index contributed by atoms with van der Waals surface area (Å²) in [5.41, 5.74) is 3.69. The smallest absolute Gasteiger partial charge is 0.258 e. The molecule has 0 saturated carbocycles. The molecule has 0 aliphatic heterocycles. The molecule has 29 heavy (non-hydrogen) atoms. The van der Waals surface area contributed by atoms with E-state index in [4.69, 9.17) is 0 Å². The Kier molecular flexibility index (Phi) is 4.18. The lowest BCUT2D eigenvalue weighted by Crippen LogP contribution is -2.17. The van der Waals surface area contributed by atoms with Crippen LogP contribution in [0.5, 0.6) is 0 Å². The van der Waals surface area contributed by atoms with Crippen LogP contribution >= 0.6 is 11.3 Å². The molecule has 1 amide bonds. The molecule has 1 aromatic heterocycles. The number of aryl methyl sites for hydroxylation is 2. The van der Waals surface area contributed by atoms with E-state index < -0.39 is 15.7 Å². The molecule has 3 aromatic carbocycles. The summed E-state index contributed by atoms with van der Waals surface area (Å²) in [6.45, 7) is 1.57. The van der Waals surface area contributed by atoms with Gasteiger partial charge in [0.2, 0.25) is 0 Å². The highest BCUT2D eigenvalue weighted by atomic mass is 32.2. The van der Waals surface area contributed by atoms with Gasteiger partial charge in [-0.1, -0.05) is 48.6 Å². The number of rotatable bonds is 4. The van der Waals surface area contributed by atoms with Crippen molar-refractivity contribution in [2.24, 2.45) is 0 Å². The van der Waals surface area contributed by atoms with Crippen molar-refractivity contribution in [3.05, 3.63) is 65.2 Å². The number of hydrogen-bond donors (Lipinski definition) is 1. The highest BCUT2D eigenvalue weighted by molar-refractivity contribution is 7.91. The highest BCUT2D eigenvalue weighted by Gasteiger charge is 2.22. The van der Waals surface area contributed by atoms with Gasteiger partial charge in [0, 0.05) is 5.39 Å². The molecule has 0 bridgehead atoms. The molecule has 7 heteroatoms. The maximum atomic E-state index is 12.9. The first kappa shape index (κ1) is 18.3. The zero-order chi connectivity index (χ0) is 20.2. The summed E-state index contributed by atoms with van der Waals surface area (Å²) in [5.74, 6) is -0.524. The standard InChI is InChI=1S/C22H18N2O3S2/c1-2-29(26,27)18-9-4-3-7-15(18)21(25)24-22-23-20-16-8-5-6-13-10-11-14(19(13)16)12-17(20)28-22/h3-9,12H,2,10-11H2,1H3,(H,23,24,25). The quantitative estimate of drug-likeness (QED) is 0.522. The predicted molar refractivity (Wildman–Crippen MR) is 117 cm³/mol. The number of thiazole rings is 1. The molecule has 0 fully saturated rings. The maximum Gasteiger partial charge on any atom is 0.258 e. The normalized spacial score (nSPS) is 13.3. The van der Waals surface area contributed by atoms with Crippen LogP contribution < -0.4 is 5.32 Å². The van der Waals surface area contributed by atoms with Crippen LogP contribution in [0.25, 0.3) is 21.0 Å². The van der Waals surface area contributed by atoms with Crippen molar-refractivity contribution in [1.82, 2.24) is 4.98 Å². The molecular weight excluding hydrogens is 404 g/mol. The van der Waals surface area contributed by atoms with Crippen LogP contribution in [0, 0.1) is 0 Å². The first-order valence-corrected chi connectivity index (χ1v) is 11.9. The third kappa shape index (κ3) is 2.92. The molecule has 1 aliphatic rings. The summed E-state index contributed by atoms with van der Waals surface area (Å²) in [6, 6.07) is 14.7. The monoisotopic (exact) mass is 422 g/mol. The fourth-order valence-electron chi connectivity index (χ4n) is 4.00. The second-order valence-corrected chi connectivity index (χ2v) is 10.4. The molecular formula is C22H18N2O3S2. The zero-order valence-corrected chi connectivity index (χ0v) is 17.4. The zero-order valence-electron chi connectivity index (χ0n) is 15.7. The number of nitrogens with one attached hydrogen (secondary N) is 1. The third-order valence-corrected chi connectivity index (χ3v) is 8.12. The van der Waals surface area contributed by atoms with Gasteiger partial charge < -0.3 is 0 Å². The number of benzene rings is 3. The van der Waals surface area contributed by atoms with Crippen LogP contribution in [0.4, 0.5) is 5.13 Å². The van der Waals surface area contributed by atoms with Crippen LogP contribution in [0.1, 0.15) is 28.4 Å². The van der Waals surface area contributed by atoms with Crippen LogP contribution in [-0.2, 0) is 22.7 Å². The van der Waals surface area contributed by atoms with Gasteiger partial charge in [-0.15, -0.1) is 0 Å². The van der Waals surface area contributed by atoms with Crippen molar-refractivity contribution >= 4 is 53.2 Å². The molecule has 5 rings (SSSR count). The van der Waals surface area contributed by atoms with E-state index in [1.54, 1.807) is 19.1 Å². The van der Waals surface area contributed by atoms with E-state index in [-0.39, 0.29) is 16.2 Å². The van der Waals surface area contributed by atoms with Gasteiger partial charge in [-0.05, 0) is 47.6 Å². The largest absolute Gasteiger partial charge is 0.298 e. The summed E-state index contributed by atoms with van der Waals surface area (Å²) >= 11 is 1.41. The molecule has 5 nitrogen and oxygen atoms in total. The van der Waals surface area contributed by atoms with E-state index in [2.05, 4.69) is 34.6 Å². The van der Waals surface area contributed by atoms with Gasteiger partial charge in [-0.3, -0.25) is 10.1 Å². The molecule has 0 atom stereocenters. The molecule has 0 unspecified atom stereocenters. The molecule has 0 spiro atoms. The Morgan fingerprint density at radius 1 is 1.10 bits per heavy atom. The Bertz CT molecular complexity index is 1400. The van der Waals surface area contributed by atoms with E-state index in [9.17, 15) is 13.2 Å². The van der Waals surface area contributed by atoms with E-state index in [1.165, 1.54) is 40.0 Å². The van der Waals surface area contributed by atoms with Gasteiger partial charge in [0.15, 0.2) is 15.0 Å². The number of nitrogens with zero attached hydrogens (tertiary/aromatic N) is 1. The minimum Gasteiger partial charge on any atom is -0.298 e. The van der Waals surface area contributed by atoms with Gasteiger partial charge in [-0.25, -0.2) is 13.4 Å². The van der Waals surface area contributed by atoms with Crippen molar-refractivity contribution in [3.8, 4) is 0 Å². The van der Waals surface area contributed by atoms with E-state index in [1.807, 2.05) is 0 Å². The van der Waals surface area contributed by atoms with Gasteiger partial charge in [-0.2, -0.15) is 0 Å². The average Bonchev–Trinajstić information content (AvgIpc) is 3.33. The lowest BCUT2D eigenvalue weighted by Gasteiger charge is -2.08. The maximum absolute atomic E-state index is 12.9. The number of carbonyl (C=O) groups excluding carboxylic acids is 1. The first-order valence-electron chi connectivity index (χ1n) is 9.45.